The Morgan fingerprint density at radius 3 is 2.55 bits per heavy atom. The molecule has 0 radical (unpaired) electrons. The van der Waals surface area contributed by atoms with Gasteiger partial charge in [-0.1, -0.05) is 11.6 Å². The maximum absolute atomic E-state index is 11.6. The van der Waals surface area contributed by atoms with Crippen molar-refractivity contribution < 1.29 is 24.2 Å². The summed E-state index contributed by atoms with van der Waals surface area (Å²) in [5.74, 6) is -2.02. The fraction of sp³-hybridized carbons (Fsp3) is 0.308. The lowest BCUT2D eigenvalue weighted by atomic mass is 10.2. The van der Waals surface area contributed by atoms with Gasteiger partial charge in [0.05, 0.1) is 18.6 Å². The van der Waals surface area contributed by atoms with Gasteiger partial charge in [0.25, 0.3) is 0 Å². The largest absolute Gasteiger partial charge is 0.478 e. The molecule has 0 bridgehead atoms. The predicted molar refractivity (Wildman–Crippen MR) is 72.9 cm³/mol. The van der Waals surface area contributed by atoms with Crippen molar-refractivity contribution in [2.45, 2.75) is 19.8 Å². The monoisotopic (exact) mass is 299 g/mol. The summed E-state index contributed by atoms with van der Waals surface area (Å²) in [6.07, 6.45) is -0.0836. The van der Waals surface area contributed by atoms with Crippen LogP contribution in [0.4, 0.5) is 5.69 Å². The van der Waals surface area contributed by atoms with Crippen molar-refractivity contribution in [1.82, 2.24) is 0 Å². The molecule has 0 saturated heterocycles. The molecule has 0 aromatic heterocycles. The summed E-state index contributed by atoms with van der Waals surface area (Å²) in [6, 6.07) is 3.99. The first kappa shape index (κ1) is 16.0. The summed E-state index contributed by atoms with van der Waals surface area (Å²) >= 11 is 5.76. The number of benzene rings is 1. The first-order chi connectivity index (χ1) is 9.42. The third kappa shape index (κ3) is 5.27. The van der Waals surface area contributed by atoms with Crippen LogP contribution in [-0.2, 0) is 14.3 Å². The van der Waals surface area contributed by atoms with Crippen molar-refractivity contribution in [3.63, 3.8) is 0 Å². The lowest BCUT2D eigenvalue weighted by molar-refractivity contribution is -0.144. The molecule has 0 spiro atoms. The van der Waals surface area contributed by atoms with Crippen LogP contribution in [0.25, 0.3) is 0 Å². The Hall–Kier alpha value is -2.08. The van der Waals surface area contributed by atoms with Gasteiger partial charge < -0.3 is 15.2 Å². The first-order valence-electron chi connectivity index (χ1n) is 5.91. The molecule has 108 valence electrons. The van der Waals surface area contributed by atoms with E-state index in [0.717, 1.165) is 0 Å². The highest BCUT2D eigenvalue weighted by Gasteiger charge is 2.10. The van der Waals surface area contributed by atoms with Gasteiger partial charge in [-0.3, -0.25) is 9.59 Å². The average molecular weight is 300 g/mol. The molecule has 1 aromatic rings. The second-order valence-electron chi connectivity index (χ2n) is 3.89. The molecule has 0 aliphatic heterocycles. The molecule has 1 aromatic carbocycles. The van der Waals surface area contributed by atoms with Crippen LogP contribution in [0.1, 0.15) is 30.1 Å². The van der Waals surface area contributed by atoms with E-state index >= 15 is 0 Å². The summed E-state index contributed by atoms with van der Waals surface area (Å²) < 4.78 is 4.69. The number of amides is 1. The Bertz CT molecular complexity index is 529. The number of carbonyl (C=O) groups is 3. The molecule has 1 amide bonds. The molecule has 0 aliphatic rings. The molecule has 0 fully saturated rings. The van der Waals surface area contributed by atoms with E-state index in [1.165, 1.54) is 18.2 Å². The van der Waals surface area contributed by atoms with Gasteiger partial charge in [-0.05, 0) is 25.1 Å². The second-order valence-corrected chi connectivity index (χ2v) is 4.32. The van der Waals surface area contributed by atoms with E-state index in [2.05, 4.69) is 5.32 Å². The summed E-state index contributed by atoms with van der Waals surface area (Å²) in [5, 5.41) is 11.6. The number of halogens is 1. The van der Waals surface area contributed by atoms with Crippen molar-refractivity contribution >= 4 is 35.1 Å². The molecule has 1 rings (SSSR count). The van der Waals surface area contributed by atoms with E-state index in [9.17, 15) is 14.4 Å². The van der Waals surface area contributed by atoms with Crippen molar-refractivity contribution in [3.8, 4) is 0 Å². The lowest BCUT2D eigenvalue weighted by Gasteiger charge is -2.07. The molecule has 0 unspecified atom stereocenters. The minimum Gasteiger partial charge on any atom is -0.478 e. The molecule has 6 nitrogen and oxygen atoms in total. The third-order valence-electron chi connectivity index (χ3n) is 2.29. The highest BCUT2D eigenvalue weighted by molar-refractivity contribution is 6.31. The Morgan fingerprint density at radius 2 is 1.95 bits per heavy atom. The Morgan fingerprint density at radius 1 is 1.25 bits per heavy atom. The van der Waals surface area contributed by atoms with Gasteiger partial charge in [0.15, 0.2) is 0 Å². The molecule has 2 N–H and O–H groups in total. The topological polar surface area (TPSA) is 92.7 Å². The number of rotatable bonds is 6. The van der Waals surface area contributed by atoms with E-state index in [4.69, 9.17) is 21.4 Å². The van der Waals surface area contributed by atoms with Crippen molar-refractivity contribution in [2.75, 3.05) is 11.9 Å². The number of hydrogen-bond acceptors (Lipinski definition) is 4. The van der Waals surface area contributed by atoms with Gasteiger partial charge in [-0.15, -0.1) is 0 Å². The molecule has 0 saturated carbocycles. The van der Waals surface area contributed by atoms with Crippen molar-refractivity contribution in [1.29, 1.82) is 0 Å². The highest BCUT2D eigenvalue weighted by atomic mass is 35.5. The molecular formula is C13H14ClNO5. The first-order valence-corrected chi connectivity index (χ1v) is 6.29. The standard InChI is InChI=1S/C13H14ClNO5/c1-2-20-12(17)4-3-11(16)15-10-6-8(13(18)19)5-9(14)7-10/h5-7H,2-4H2,1H3,(H,15,16)(H,18,19). The minimum atomic E-state index is -1.14. The number of carboxylic acids is 1. The number of carbonyl (C=O) groups excluding carboxylic acids is 2. The Labute approximate surface area is 120 Å². The highest BCUT2D eigenvalue weighted by Crippen LogP contribution is 2.19. The van der Waals surface area contributed by atoms with Crippen molar-refractivity contribution in [3.05, 3.63) is 28.8 Å². The van der Waals surface area contributed by atoms with E-state index in [-0.39, 0.29) is 35.7 Å². The number of nitrogens with one attached hydrogen (secondary N) is 1. The molecule has 20 heavy (non-hydrogen) atoms. The minimum absolute atomic E-state index is 0.0295. The Kier molecular flexibility index (Phi) is 5.99. The van der Waals surface area contributed by atoms with Gasteiger partial charge in [-0.2, -0.15) is 0 Å². The number of esters is 1. The Balaban J connectivity index is 2.62. The molecule has 0 atom stereocenters. The van der Waals surface area contributed by atoms with Crippen LogP contribution >= 0.6 is 11.6 Å². The zero-order chi connectivity index (χ0) is 15.1. The molecular weight excluding hydrogens is 286 g/mol. The number of aromatic carboxylic acids is 1. The van der Waals surface area contributed by atoms with E-state index in [0.29, 0.717) is 0 Å². The van der Waals surface area contributed by atoms with Crippen LogP contribution in [0.15, 0.2) is 18.2 Å². The quantitative estimate of drug-likeness (QED) is 0.786. The maximum atomic E-state index is 11.6. The van der Waals surface area contributed by atoms with E-state index in [1.807, 2.05) is 0 Å². The average Bonchev–Trinajstić information content (AvgIpc) is 2.36. The zero-order valence-electron chi connectivity index (χ0n) is 10.8. The number of hydrogen-bond donors (Lipinski definition) is 2. The SMILES string of the molecule is CCOC(=O)CCC(=O)Nc1cc(Cl)cc(C(=O)O)c1. The van der Waals surface area contributed by atoms with Gasteiger partial charge >= 0.3 is 11.9 Å². The summed E-state index contributed by atoms with van der Waals surface area (Å²) in [7, 11) is 0. The van der Waals surface area contributed by atoms with Crippen molar-refractivity contribution in [2.24, 2.45) is 0 Å². The summed E-state index contributed by atoms with van der Waals surface area (Å²) in [6.45, 7) is 1.94. The van der Waals surface area contributed by atoms with Crippen LogP contribution in [0.5, 0.6) is 0 Å². The fourth-order valence-corrected chi connectivity index (χ4v) is 1.69. The van der Waals surface area contributed by atoms with Gasteiger partial charge in [-0.25, -0.2) is 4.79 Å². The summed E-state index contributed by atoms with van der Waals surface area (Å²) in [5.41, 5.74) is 0.238. The predicted octanol–water partition coefficient (Wildman–Crippen LogP) is 2.32. The van der Waals surface area contributed by atoms with Gasteiger partial charge in [0.1, 0.15) is 0 Å². The molecule has 7 heteroatoms. The molecule has 0 aliphatic carbocycles. The number of carboxylic acid groups (broad SMARTS) is 1. The van der Waals surface area contributed by atoms with E-state index in [1.54, 1.807) is 6.92 Å². The zero-order valence-corrected chi connectivity index (χ0v) is 11.6. The van der Waals surface area contributed by atoms with Crippen LogP contribution in [-0.4, -0.2) is 29.6 Å². The van der Waals surface area contributed by atoms with Gasteiger partial charge in [0.2, 0.25) is 5.91 Å². The number of anilines is 1. The van der Waals surface area contributed by atoms with E-state index < -0.39 is 17.8 Å². The summed E-state index contributed by atoms with van der Waals surface area (Å²) in [4.78, 5) is 33.5. The maximum Gasteiger partial charge on any atom is 0.335 e. The smallest absolute Gasteiger partial charge is 0.335 e. The normalized spacial score (nSPS) is 9.90. The van der Waals surface area contributed by atoms with Crippen LogP contribution in [0.2, 0.25) is 5.02 Å². The third-order valence-corrected chi connectivity index (χ3v) is 2.51. The molecule has 0 heterocycles. The number of ether oxygens (including phenoxy) is 1. The van der Waals surface area contributed by atoms with Crippen LogP contribution in [0.3, 0.4) is 0 Å². The lowest BCUT2D eigenvalue weighted by Crippen LogP contribution is -2.15. The van der Waals surface area contributed by atoms with Crippen LogP contribution in [0, 0.1) is 0 Å². The van der Waals surface area contributed by atoms with Gasteiger partial charge in [0, 0.05) is 17.1 Å². The fourth-order valence-electron chi connectivity index (χ4n) is 1.46. The van der Waals surface area contributed by atoms with Crippen LogP contribution < -0.4 is 5.32 Å². The second kappa shape index (κ2) is 7.49.